The van der Waals surface area contributed by atoms with Crippen LogP contribution in [-0.2, 0) is 16.6 Å². The van der Waals surface area contributed by atoms with Crippen molar-refractivity contribution in [3.63, 3.8) is 0 Å². The summed E-state index contributed by atoms with van der Waals surface area (Å²) in [6.07, 6.45) is 0. The van der Waals surface area contributed by atoms with E-state index >= 15 is 0 Å². The molecular formula is C18H22N2O3S. The quantitative estimate of drug-likeness (QED) is 0.807. The van der Waals surface area contributed by atoms with Gasteiger partial charge in [0, 0.05) is 18.7 Å². The molecule has 128 valence electrons. The lowest BCUT2D eigenvalue weighted by Gasteiger charge is -2.11. The molecule has 6 heteroatoms. The van der Waals surface area contributed by atoms with Crippen LogP contribution in [0.3, 0.4) is 0 Å². The number of carbonyl (C=O) groups is 1. The number of nitrogens with one attached hydrogen (secondary N) is 2. The van der Waals surface area contributed by atoms with Crippen LogP contribution >= 0.6 is 0 Å². The third-order valence-corrected chi connectivity index (χ3v) is 5.03. The molecule has 0 aliphatic heterocycles. The number of hydrogen-bond donors (Lipinski definition) is 2. The minimum absolute atomic E-state index is 0.0662. The molecule has 2 N–H and O–H groups in total. The van der Waals surface area contributed by atoms with Crippen molar-refractivity contribution >= 4 is 15.9 Å². The average molecular weight is 346 g/mol. The summed E-state index contributed by atoms with van der Waals surface area (Å²) in [5.41, 5.74) is 3.24. The molecule has 0 bridgehead atoms. The van der Waals surface area contributed by atoms with Crippen LogP contribution in [0.2, 0.25) is 0 Å². The number of hydrogen-bond acceptors (Lipinski definition) is 3. The lowest BCUT2D eigenvalue weighted by atomic mass is 10.0. The Bertz CT molecular complexity index is 782. The molecule has 0 saturated carbocycles. The Morgan fingerprint density at radius 1 is 0.958 bits per heavy atom. The molecule has 5 nitrogen and oxygen atoms in total. The number of rotatable bonds is 7. The molecule has 0 unspecified atom stereocenters. The summed E-state index contributed by atoms with van der Waals surface area (Å²) < 4.78 is 26.5. The Kier molecular flexibility index (Phi) is 6.11. The van der Waals surface area contributed by atoms with Gasteiger partial charge in [0.1, 0.15) is 0 Å². The first-order valence-electron chi connectivity index (χ1n) is 7.75. The van der Waals surface area contributed by atoms with Gasteiger partial charge in [0.05, 0.1) is 5.75 Å². The van der Waals surface area contributed by atoms with Crippen LogP contribution in [0.5, 0.6) is 0 Å². The van der Waals surface area contributed by atoms with Gasteiger partial charge in [-0.3, -0.25) is 4.79 Å². The number of benzene rings is 2. The van der Waals surface area contributed by atoms with Crippen molar-refractivity contribution in [2.24, 2.45) is 0 Å². The van der Waals surface area contributed by atoms with Gasteiger partial charge in [-0.15, -0.1) is 0 Å². The molecule has 0 radical (unpaired) electrons. The second-order valence-electron chi connectivity index (χ2n) is 5.65. The van der Waals surface area contributed by atoms with Crippen LogP contribution in [0.4, 0.5) is 0 Å². The van der Waals surface area contributed by atoms with Crippen LogP contribution in [0, 0.1) is 13.8 Å². The first-order valence-corrected chi connectivity index (χ1v) is 9.40. The topological polar surface area (TPSA) is 75.3 Å². The highest BCUT2D eigenvalue weighted by Gasteiger charge is 2.14. The molecule has 24 heavy (non-hydrogen) atoms. The van der Waals surface area contributed by atoms with Crippen molar-refractivity contribution < 1.29 is 13.2 Å². The molecule has 0 atom stereocenters. The second kappa shape index (κ2) is 8.08. The standard InChI is InChI=1S/C18H22N2O3S/c1-14-7-6-8-15(2)17(14)18(21)19-11-12-24(22,23)20-13-16-9-4-3-5-10-16/h3-10,20H,11-13H2,1-2H3,(H,19,21). The lowest BCUT2D eigenvalue weighted by Crippen LogP contribution is -2.34. The van der Waals surface area contributed by atoms with Crippen molar-refractivity contribution in [3.05, 3.63) is 70.8 Å². The Hall–Kier alpha value is -2.18. The molecule has 1 amide bonds. The zero-order valence-electron chi connectivity index (χ0n) is 13.9. The average Bonchev–Trinajstić information content (AvgIpc) is 2.54. The summed E-state index contributed by atoms with van der Waals surface area (Å²) in [5, 5.41) is 2.68. The molecule has 0 fully saturated rings. The van der Waals surface area contributed by atoms with E-state index in [1.165, 1.54) is 0 Å². The number of amides is 1. The molecule has 2 rings (SSSR count). The molecule has 0 saturated heterocycles. The van der Waals surface area contributed by atoms with Crippen LogP contribution < -0.4 is 10.0 Å². The van der Waals surface area contributed by atoms with Crippen molar-refractivity contribution in [2.45, 2.75) is 20.4 Å². The molecule has 0 aromatic heterocycles. The maximum absolute atomic E-state index is 12.2. The predicted molar refractivity (Wildman–Crippen MR) is 95.3 cm³/mol. The van der Waals surface area contributed by atoms with Crippen LogP contribution in [0.1, 0.15) is 27.0 Å². The maximum Gasteiger partial charge on any atom is 0.251 e. The van der Waals surface area contributed by atoms with Gasteiger partial charge >= 0.3 is 0 Å². The molecule has 0 heterocycles. The SMILES string of the molecule is Cc1cccc(C)c1C(=O)NCCS(=O)(=O)NCc1ccccc1. The summed E-state index contributed by atoms with van der Waals surface area (Å²) in [6.45, 7) is 4.03. The smallest absolute Gasteiger partial charge is 0.251 e. The Morgan fingerprint density at radius 2 is 1.58 bits per heavy atom. The third kappa shape index (κ3) is 5.18. The van der Waals surface area contributed by atoms with Crippen molar-refractivity contribution in [2.75, 3.05) is 12.3 Å². The molecule has 2 aromatic rings. The molecule has 2 aromatic carbocycles. The van der Waals surface area contributed by atoms with Crippen molar-refractivity contribution in [3.8, 4) is 0 Å². The fraction of sp³-hybridized carbons (Fsp3) is 0.278. The van der Waals surface area contributed by atoms with Crippen molar-refractivity contribution in [1.82, 2.24) is 10.0 Å². The highest BCUT2D eigenvalue weighted by Crippen LogP contribution is 2.12. The minimum Gasteiger partial charge on any atom is -0.351 e. The number of carbonyl (C=O) groups excluding carboxylic acids is 1. The predicted octanol–water partition coefficient (Wildman–Crippen LogP) is 2.15. The summed E-state index contributed by atoms with van der Waals surface area (Å²) in [6, 6.07) is 14.9. The molecule has 0 spiro atoms. The number of aryl methyl sites for hydroxylation is 2. The zero-order chi connectivity index (χ0) is 17.6. The van der Waals surface area contributed by atoms with E-state index in [9.17, 15) is 13.2 Å². The van der Waals surface area contributed by atoms with Gasteiger partial charge in [-0.1, -0.05) is 48.5 Å². The van der Waals surface area contributed by atoms with Crippen LogP contribution in [0.25, 0.3) is 0 Å². The molecular weight excluding hydrogens is 324 g/mol. The Morgan fingerprint density at radius 3 is 2.21 bits per heavy atom. The zero-order valence-corrected chi connectivity index (χ0v) is 14.7. The minimum atomic E-state index is -3.44. The largest absolute Gasteiger partial charge is 0.351 e. The molecule has 0 aliphatic carbocycles. The fourth-order valence-corrected chi connectivity index (χ4v) is 3.32. The first-order chi connectivity index (χ1) is 11.4. The van der Waals surface area contributed by atoms with Gasteiger partial charge < -0.3 is 5.32 Å². The van der Waals surface area contributed by atoms with E-state index in [2.05, 4.69) is 10.0 Å². The van der Waals surface area contributed by atoms with Gasteiger partial charge in [0.2, 0.25) is 10.0 Å². The highest BCUT2D eigenvalue weighted by molar-refractivity contribution is 7.89. The van der Waals surface area contributed by atoms with Crippen LogP contribution in [-0.4, -0.2) is 26.6 Å². The van der Waals surface area contributed by atoms with Gasteiger partial charge in [0.15, 0.2) is 0 Å². The fourth-order valence-electron chi connectivity index (χ4n) is 2.42. The van der Waals surface area contributed by atoms with E-state index in [4.69, 9.17) is 0 Å². The maximum atomic E-state index is 12.2. The van der Waals surface area contributed by atoms with E-state index in [-0.39, 0.29) is 24.7 Å². The van der Waals surface area contributed by atoms with Gasteiger partial charge in [-0.2, -0.15) is 0 Å². The highest BCUT2D eigenvalue weighted by atomic mass is 32.2. The summed E-state index contributed by atoms with van der Waals surface area (Å²) in [7, 11) is -3.44. The Labute approximate surface area is 143 Å². The van der Waals surface area contributed by atoms with E-state index in [1.54, 1.807) is 0 Å². The van der Waals surface area contributed by atoms with E-state index in [0.717, 1.165) is 16.7 Å². The Balaban J connectivity index is 1.85. The van der Waals surface area contributed by atoms with Gasteiger partial charge in [0.25, 0.3) is 5.91 Å². The monoisotopic (exact) mass is 346 g/mol. The van der Waals surface area contributed by atoms with Crippen LogP contribution in [0.15, 0.2) is 48.5 Å². The normalized spacial score (nSPS) is 11.2. The van der Waals surface area contributed by atoms with E-state index in [0.29, 0.717) is 5.56 Å². The van der Waals surface area contributed by atoms with Gasteiger partial charge in [-0.25, -0.2) is 13.1 Å². The summed E-state index contributed by atoms with van der Waals surface area (Å²) in [5.74, 6) is -0.403. The lowest BCUT2D eigenvalue weighted by molar-refractivity contribution is 0.0955. The summed E-state index contributed by atoms with van der Waals surface area (Å²) >= 11 is 0. The molecule has 0 aliphatic rings. The van der Waals surface area contributed by atoms with Crippen molar-refractivity contribution in [1.29, 1.82) is 0 Å². The van der Waals surface area contributed by atoms with E-state index < -0.39 is 10.0 Å². The first kappa shape index (κ1) is 18.2. The third-order valence-electron chi connectivity index (χ3n) is 3.70. The number of sulfonamides is 1. The summed E-state index contributed by atoms with van der Waals surface area (Å²) in [4.78, 5) is 12.2. The van der Waals surface area contributed by atoms with Gasteiger partial charge in [-0.05, 0) is 30.5 Å². The van der Waals surface area contributed by atoms with E-state index in [1.807, 2.05) is 62.4 Å². The second-order valence-corrected chi connectivity index (χ2v) is 7.57.